The van der Waals surface area contributed by atoms with Crippen LogP contribution in [0.1, 0.15) is 88.4 Å². The molecule has 0 N–H and O–H groups in total. The summed E-state index contributed by atoms with van der Waals surface area (Å²) in [7, 11) is 1.79. The molecule has 0 fully saturated rings. The van der Waals surface area contributed by atoms with Crippen LogP contribution in [0.3, 0.4) is 0 Å². The van der Waals surface area contributed by atoms with Gasteiger partial charge in [0.25, 0.3) is 0 Å². The number of hydrogen-bond donors (Lipinski definition) is 0. The Hall–Kier alpha value is -3.78. The monoisotopic (exact) mass is 844 g/mol. The molecule has 7 aromatic rings. The number of methoxy groups -OCH3 is 1. The Morgan fingerprint density at radius 3 is 1.40 bits per heavy atom. The fourth-order valence-corrected chi connectivity index (χ4v) is 9.25. The van der Waals surface area contributed by atoms with Crippen molar-refractivity contribution >= 4 is 27.0 Å². The van der Waals surface area contributed by atoms with Crippen molar-refractivity contribution in [1.82, 2.24) is 0 Å². The molecule has 1 aliphatic carbocycles. The van der Waals surface area contributed by atoms with Gasteiger partial charge in [-0.3, -0.25) is 0 Å². The molecule has 0 saturated heterocycles. The number of aryl methyl sites for hydroxylation is 8. The molecular formula is C54H62OSiZr. The van der Waals surface area contributed by atoms with Crippen molar-refractivity contribution < 1.29 is 28.1 Å². The topological polar surface area (TPSA) is 9.23 Å². The van der Waals surface area contributed by atoms with Crippen molar-refractivity contribution in [3.05, 3.63) is 146 Å². The molecule has 0 unspecified atom stereocenters. The van der Waals surface area contributed by atoms with Crippen molar-refractivity contribution in [3.63, 3.8) is 0 Å². The van der Waals surface area contributed by atoms with Gasteiger partial charge in [0, 0.05) is 0 Å². The fourth-order valence-electron chi connectivity index (χ4n) is 9.25. The standard InChI is InChI=1S/C29H29.C23H27O.C2H6Si.Zr/c1-17-9-18(2)12-22(11-17)28-24-7-6-8-25(24)29(27-16-21(5)15-26(27)28)23-13-19(3)10-20(4)14-23;1-14-8-15(2)11-18(10-14)21-19-12-16(3)9-17(19)13-20(22(21)24-7)23(4,5)6;1-3-2;/h9-16H,6-8H2,1-5H3;8-13H,1-7H3;1-2H3;/q2*-1;;+2. The molecule has 0 heterocycles. The SMILES string of the molecule is COc1c(C(C)(C)C)cc2[cH-]c(C)cc2c1-c1cc(C)cc(C)c1.C[Si](C)=[Zr+2].Cc1cc(C)cc(-c2c3c(c(-c4cc(C)cc(C)c4)c4[cH-]c(C)cc24)CCC3)c1. The second-order valence-electron chi connectivity index (χ2n) is 18.2. The average Bonchev–Trinajstić information content (AvgIpc) is 3.81. The second kappa shape index (κ2) is 17.2. The summed E-state index contributed by atoms with van der Waals surface area (Å²) in [6, 6.07) is 32.5. The zero-order valence-corrected chi connectivity index (χ0v) is 40.6. The van der Waals surface area contributed by atoms with Crippen LogP contribution in [0.4, 0.5) is 0 Å². The van der Waals surface area contributed by atoms with Crippen LogP contribution in [-0.2, 0) is 41.6 Å². The first-order valence-corrected chi connectivity index (χ1v) is 26.8. The Labute approximate surface area is 359 Å². The van der Waals surface area contributed by atoms with Gasteiger partial charge in [0.1, 0.15) is 5.75 Å². The predicted octanol–water partition coefficient (Wildman–Crippen LogP) is 15.2. The van der Waals surface area contributed by atoms with Crippen molar-refractivity contribution in [3.8, 4) is 39.1 Å². The summed E-state index contributed by atoms with van der Waals surface area (Å²) in [5.74, 6) is 1.01. The molecule has 0 radical (unpaired) electrons. The zero-order valence-electron chi connectivity index (χ0n) is 37.1. The Morgan fingerprint density at radius 1 is 0.544 bits per heavy atom. The molecular weight excluding hydrogens is 784 g/mol. The molecule has 0 atom stereocenters. The predicted molar refractivity (Wildman–Crippen MR) is 248 cm³/mol. The third-order valence-corrected chi connectivity index (χ3v) is 11.0. The number of benzene rings is 5. The van der Waals surface area contributed by atoms with Gasteiger partial charge in [-0.15, -0.1) is 50.9 Å². The number of ether oxygens (including phenoxy) is 1. The van der Waals surface area contributed by atoms with Crippen LogP contribution in [0.25, 0.3) is 54.9 Å². The minimum absolute atomic E-state index is 0.0261. The van der Waals surface area contributed by atoms with Gasteiger partial charge >= 0.3 is 41.9 Å². The van der Waals surface area contributed by atoms with Crippen LogP contribution in [0, 0.1) is 55.4 Å². The van der Waals surface area contributed by atoms with Crippen molar-refractivity contribution in [1.29, 1.82) is 0 Å². The van der Waals surface area contributed by atoms with Gasteiger partial charge in [-0.2, -0.15) is 12.1 Å². The Morgan fingerprint density at radius 2 is 0.947 bits per heavy atom. The van der Waals surface area contributed by atoms with E-state index in [1.807, 2.05) is 0 Å². The van der Waals surface area contributed by atoms with E-state index in [0.29, 0.717) is 0 Å². The van der Waals surface area contributed by atoms with Crippen molar-refractivity contribution in [2.75, 3.05) is 7.11 Å². The van der Waals surface area contributed by atoms with Crippen LogP contribution in [0.5, 0.6) is 5.75 Å². The maximum atomic E-state index is 5.95. The Kier molecular flexibility index (Phi) is 12.9. The third-order valence-electron chi connectivity index (χ3n) is 11.0. The van der Waals surface area contributed by atoms with E-state index in [4.69, 9.17) is 4.74 Å². The van der Waals surface area contributed by atoms with E-state index in [0.717, 1.165) is 5.75 Å². The van der Waals surface area contributed by atoms with Crippen LogP contribution < -0.4 is 4.74 Å². The summed E-state index contributed by atoms with van der Waals surface area (Å²) < 4.78 is 5.95. The van der Waals surface area contributed by atoms with E-state index < -0.39 is 0 Å². The molecule has 0 amide bonds. The molecule has 3 heteroatoms. The van der Waals surface area contributed by atoms with E-state index in [-0.39, 0.29) is 10.8 Å². The van der Waals surface area contributed by atoms with Crippen LogP contribution in [-0.4, -0.2) is 12.5 Å². The molecule has 0 aromatic heterocycles. The quantitative estimate of drug-likeness (QED) is 0.127. The van der Waals surface area contributed by atoms with E-state index in [1.54, 1.807) is 41.6 Å². The maximum Gasteiger partial charge on any atom is -0.0271 e. The largest absolute Gasteiger partial charge is 0.165 e. The second-order valence-corrected chi connectivity index (χ2v) is 27.5. The fraction of sp³-hybridized carbons (Fsp3) is 0.333. The van der Waals surface area contributed by atoms with Crippen LogP contribution >= 0.6 is 0 Å². The van der Waals surface area contributed by atoms with Gasteiger partial charge in [-0.25, -0.2) is 0 Å². The molecule has 57 heavy (non-hydrogen) atoms. The van der Waals surface area contributed by atoms with E-state index in [2.05, 4.69) is 174 Å². The van der Waals surface area contributed by atoms with Crippen LogP contribution in [0.15, 0.2) is 84.9 Å². The van der Waals surface area contributed by atoms with Gasteiger partial charge < -0.3 is 4.74 Å². The summed E-state index contributed by atoms with van der Waals surface area (Å²) in [6.07, 6.45) is 3.64. The summed E-state index contributed by atoms with van der Waals surface area (Å²) in [6.45, 7) is 28.9. The first kappa shape index (κ1) is 42.8. The molecule has 292 valence electrons. The Balaban J connectivity index is 0.000000179. The van der Waals surface area contributed by atoms with Gasteiger partial charge in [0.2, 0.25) is 0 Å². The summed E-state index contributed by atoms with van der Waals surface area (Å²) in [5, 5.41) is 5.44. The van der Waals surface area contributed by atoms with Crippen LogP contribution in [0.2, 0.25) is 13.1 Å². The first-order valence-electron chi connectivity index (χ1n) is 20.7. The van der Waals surface area contributed by atoms with Crippen molar-refractivity contribution in [2.45, 2.75) is 114 Å². The van der Waals surface area contributed by atoms with Crippen molar-refractivity contribution in [2.24, 2.45) is 0 Å². The molecule has 1 aliphatic rings. The minimum Gasteiger partial charge on any atom is -0.165 e. The molecule has 0 saturated carbocycles. The molecule has 0 bridgehead atoms. The molecule has 1 nitrogen and oxygen atoms in total. The average molecular weight is 846 g/mol. The van der Waals surface area contributed by atoms with E-state index in [1.165, 1.54) is 124 Å². The smallest absolute Gasteiger partial charge is 0.0271 e. The summed E-state index contributed by atoms with van der Waals surface area (Å²) >= 11 is 1.74. The zero-order chi connectivity index (χ0) is 41.5. The van der Waals surface area contributed by atoms with Gasteiger partial charge in [-0.05, 0) is 88.5 Å². The molecule has 0 spiro atoms. The Bertz CT molecular complexity index is 2470. The molecule has 0 aliphatic heterocycles. The van der Waals surface area contributed by atoms with Gasteiger partial charge in [0.15, 0.2) is 0 Å². The maximum absolute atomic E-state index is 5.95. The molecule has 7 aromatic carbocycles. The van der Waals surface area contributed by atoms with E-state index in [9.17, 15) is 0 Å². The number of rotatable bonds is 4. The third kappa shape index (κ3) is 9.42. The van der Waals surface area contributed by atoms with E-state index >= 15 is 0 Å². The minimum atomic E-state index is 0.0261. The van der Waals surface area contributed by atoms with Gasteiger partial charge in [-0.1, -0.05) is 150 Å². The number of fused-ring (bicyclic) bond motifs is 3. The first-order chi connectivity index (χ1) is 26.8. The summed E-state index contributed by atoms with van der Waals surface area (Å²) in [4.78, 5) is 0. The van der Waals surface area contributed by atoms with Gasteiger partial charge in [0.05, 0.1) is 7.11 Å². The number of hydrogen-bond acceptors (Lipinski definition) is 1. The summed E-state index contributed by atoms with van der Waals surface area (Å²) in [5.41, 5.74) is 23.5. The normalized spacial score (nSPS) is 12.3. The molecule has 8 rings (SSSR count).